The van der Waals surface area contributed by atoms with E-state index in [0.717, 1.165) is 36.4 Å². The molecular weight excluding hydrogens is 364 g/mol. The zero-order valence-corrected chi connectivity index (χ0v) is 15.8. The second-order valence-electron chi connectivity index (χ2n) is 5.96. The van der Waals surface area contributed by atoms with Gasteiger partial charge in [-0.1, -0.05) is 36.4 Å². The van der Waals surface area contributed by atoms with E-state index in [9.17, 15) is 10.0 Å². The molecule has 0 unspecified atom stereocenters. The van der Waals surface area contributed by atoms with Gasteiger partial charge in [-0.3, -0.25) is 5.21 Å². The van der Waals surface area contributed by atoms with Crippen LogP contribution in [0.15, 0.2) is 59.3 Å². The largest absolute Gasteiger partial charge is 0.342 e. The highest BCUT2D eigenvalue weighted by Crippen LogP contribution is 2.41. The van der Waals surface area contributed by atoms with Gasteiger partial charge in [-0.25, -0.2) is 4.79 Å². The lowest BCUT2D eigenvalue weighted by atomic mass is 9.97. The molecule has 0 spiro atoms. The van der Waals surface area contributed by atoms with Crippen LogP contribution in [0.5, 0.6) is 0 Å². The average Bonchev–Trinajstić information content (AvgIpc) is 3.28. The van der Waals surface area contributed by atoms with Crippen molar-refractivity contribution in [2.24, 2.45) is 0 Å². The summed E-state index contributed by atoms with van der Waals surface area (Å²) in [6.45, 7) is 2.29. The van der Waals surface area contributed by atoms with E-state index in [1.54, 1.807) is 22.7 Å². The van der Waals surface area contributed by atoms with Crippen molar-refractivity contribution in [3.05, 3.63) is 70.4 Å². The third-order valence-corrected chi connectivity index (χ3v) is 6.36. The van der Waals surface area contributed by atoms with E-state index in [1.807, 2.05) is 54.1 Å². The van der Waals surface area contributed by atoms with Gasteiger partial charge in [0.1, 0.15) is 6.04 Å². The maximum absolute atomic E-state index is 12.4. The fraction of sp³-hybridized carbons (Fsp3) is 0.150. The Morgan fingerprint density at radius 3 is 2.00 bits per heavy atom. The molecule has 0 aliphatic rings. The second kappa shape index (κ2) is 7.07. The zero-order chi connectivity index (χ0) is 18.1. The highest BCUT2D eigenvalue weighted by molar-refractivity contribution is 7.17. The molecule has 0 aliphatic carbocycles. The molecule has 2 heterocycles. The molecule has 4 rings (SSSR count). The van der Waals surface area contributed by atoms with Gasteiger partial charge in [-0.15, -0.1) is 22.7 Å². The van der Waals surface area contributed by atoms with Crippen molar-refractivity contribution in [2.45, 2.75) is 13.0 Å². The fourth-order valence-corrected chi connectivity index (χ4v) is 5.16. The molecule has 0 radical (unpaired) electrons. The van der Waals surface area contributed by atoms with Gasteiger partial charge in [0, 0.05) is 27.1 Å². The Balaban J connectivity index is 1.91. The second-order valence-corrected chi connectivity index (χ2v) is 7.78. The minimum absolute atomic E-state index is 0.456. The summed E-state index contributed by atoms with van der Waals surface area (Å²) < 4.78 is 2.27. The summed E-state index contributed by atoms with van der Waals surface area (Å²) in [5.74, 6) is 0. The van der Waals surface area contributed by atoms with E-state index < -0.39 is 12.1 Å². The number of benzene rings is 2. The normalized spacial score (nSPS) is 11.3. The summed E-state index contributed by atoms with van der Waals surface area (Å²) in [7, 11) is 0. The number of urea groups is 1. The molecule has 0 aliphatic heterocycles. The first-order valence-electron chi connectivity index (χ1n) is 8.39. The Labute approximate surface area is 159 Å². The number of carbonyl (C=O) groups excluding carboxylic acids is 1. The minimum Gasteiger partial charge on any atom is -0.336 e. The van der Waals surface area contributed by atoms with Crippen LogP contribution in [0.2, 0.25) is 0 Å². The third-order valence-electron chi connectivity index (χ3n) is 4.39. The maximum atomic E-state index is 12.4. The van der Waals surface area contributed by atoms with E-state index in [1.165, 1.54) is 0 Å². The molecule has 0 atom stereocenters. The number of nitrogens with zero attached hydrogens (tertiary/aromatic N) is 1. The van der Waals surface area contributed by atoms with Crippen LogP contribution in [0.3, 0.4) is 0 Å². The number of rotatable bonds is 4. The van der Waals surface area contributed by atoms with E-state index in [0.29, 0.717) is 6.54 Å². The van der Waals surface area contributed by atoms with E-state index in [4.69, 9.17) is 0 Å². The Morgan fingerprint density at radius 1 is 1.00 bits per heavy atom. The smallest absolute Gasteiger partial charge is 0.336 e. The summed E-state index contributed by atoms with van der Waals surface area (Å²) in [6, 6.07) is 15.1. The van der Waals surface area contributed by atoms with E-state index in [2.05, 4.69) is 17.4 Å². The van der Waals surface area contributed by atoms with E-state index >= 15 is 0 Å². The molecule has 4 aromatic rings. The highest BCUT2D eigenvalue weighted by Gasteiger charge is 2.29. The van der Waals surface area contributed by atoms with Crippen LogP contribution in [0, 0.1) is 0 Å². The van der Waals surface area contributed by atoms with Crippen molar-refractivity contribution in [3.63, 3.8) is 0 Å². The van der Waals surface area contributed by atoms with Gasteiger partial charge in [0.2, 0.25) is 0 Å². The number of hydroxylamine groups is 2. The molecule has 132 valence electrons. The average molecular weight is 383 g/mol. The van der Waals surface area contributed by atoms with Crippen LogP contribution in [-0.4, -0.2) is 22.8 Å². The van der Waals surface area contributed by atoms with Gasteiger partial charge in [-0.2, -0.15) is 5.06 Å². The number of amides is 2. The van der Waals surface area contributed by atoms with Crippen molar-refractivity contribution in [1.29, 1.82) is 0 Å². The number of fused-ring (bicyclic) bond motifs is 2. The maximum Gasteiger partial charge on any atom is 0.342 e. The van der Waals surface area contributed by atoms with Crippen molar-refractivity contribution in [1.82, 2.24) is 10.4 Å². The zero-order valence-electron chi connectivity index (χ0n) is 14.2. The van der Waals surface area contributed by atoms with Gasteiger partial charge in [0.25, 0.3) is 0 Å². The summed E-state index contributed by atoms with van der Waals surface area (Å²) >= 11 is 3.24. The Kier molecular flexibility index (Phi) is 4.63. The van der Waals surface area contributed by atoms with Crippen LogP contribution < -0.4 is 5.32 Å². The van der Waals surface area contributed by atoms with Crippen LogP contribution in [0.25, 0.3) is 20.2 Å². The van der Waals surface area contributed by atoms with Gasteiger partial charge < -0.3 is 5.32 Å². The lowest BCUT2D eigenvalue weighted by Gasteiger charge is -2.26. The van der Waals surface area contributed by atoms with Crippen LogP contribution in [-0.2, 0) is 0 Å². The minimum atomic E-state index is -0.561. The molecule has 2 N–H and O–H groups in total. The SMILES string of the molecule is CCNC(=O)N(O)C(c1csc2ccccc12)c1csc2ccccc12. The molecule has 0 saturated carbocycles. The molecule has 0 saturated heterocycles. The molecular formula is C20H18N2O2S2. The Bertz CT molecular complexity index is 996. The van der Waals surface area contributed by atoms with Crippen molar-refractivity contribution in [3.8, 4) is 0 Å². The predicted octanol–water partition coefficient (Wildman–Crippen LogP) is 5.63. The molecule has 6 heteroatoms. The van der Waals surface area contributed by atoms with Gasteiger partial charge in [0.15, 0.2) is 0 Å². The topological polar surface area (TPSA) is 52.6 Å². The van der Waals surface area contributed by atoms with Gasteiger partial charge in [-0.05, 0) is 40.6 Å². The Morgan fingerprint density at radius 2 is 1.50 bits per heavy atom. The number of nitrogens with one attached hydrogen (secondary N) is 1. The lowest BCUT2D eigenvalue weighted by molar-refractivity contribution is -0.0670. The summed E-state index contributed by atoms with van der Waals surface area (Å²) in [5, 5.41) is 20.5. The number of hydrogen-bond acceptors (Lipinski definition) is 4. The Hall–Kier alpha value is -2.41. The van der Waals surface area contributed by atoms with E-state index in [-0.39, 0.29) is 0 Å². The van der Waals surface area contributed by atoms with Crippen molar-refractivity contribution < 1.29 is 10.0 Å². The summed E-state index contributed by atoms with van der Waals surface area (Å²) in [5.41, 5.74) is 1.87. The standard InChI is InChI=1S/C20H18N2O2S2/c1-2-21-20(23)22(24)19(15-11-25-17-9-5-3-7-13(15)17)16-12-26-18-10-6-4-8-14(16)18/h3-12,19,24H,2H2,1H3,(H,21,23). The van der Waals surface area contributed by atoms with Crippen LogP contribution in [0.4, 0.5) is 4.79 Å². The van der Waals surface area contributed by atoms with Crippen molar-refractivity contribution >= 4 is 48.9 Å². The molecule has 0 fully saturated rings. The first-order valence-corrected chi connectivity index (χ1v) is 10.1. The predicted molar refractivity (Wildman–Crippen MR) is 108 cm³/mol. The fourth-order valence-electron chi connectivity index (χ4n) is 3.20. The molecule has 0 bridgehead atoms. The van der Waals surface area contributed by atoms with Crippen LogP contribution in [0.1, 0.15) is 24.1 Å². The van der Waals surface area contributed by atoms with Crippen LogP contribution >= 0.6 is 22.7 Å². The first kappa shape index (κ1) is 17.0. The molecule has 26 heavy (non-hydrogen) atoms. The summed E-state index contributed by atoms with van der Waals surface area (Å²) in [4.78, 5) is 12.4. The third kappa shape index (κ3) is 2.86. The molecule has 2 amide bonds. The van der Waals surface area contributed by atoms with Gasteiger partial charge >= 0.3 is 6.03 Å². The monoisotopic (exact) mass is 382 g/mol. The number of hydrogen-bond donors (Lipinski definition) is 2. The highest BCUT2D eigenvalue weighted by atomic mass is 32.1. The summed E-state index contributed by atoms with van der Waals surface area (Å²) in [6.07, 6.45) is 0. The van der Waals surface area contributed by atoms with Gasteiger partial charge in [0.05, 0.1) is 0 Å². The molecule has 2 aromatic heterocycles. The number of thiophene rings is 2. The first-order chi connectivity index (χ1) is 12.7. The van der Waals surface area contributed by atoms with Crippen molar-refractivity contribution in [2.75, 3.05) is 6.54 Å². The molecule has 4 nitrogen and oxygen atoms in total. The quantitative estimate of drug-likeness (QED) is 0.355. The number of carbonyl (C=O) groups is 1. The lowest BCUT2D eigenvalue weighted by Crippen LogP contribution is -2.40. The molecule has 2 aromatic carbocycles.